The van der Waals surface area contributed by atoms with Crippen molar-refractivity contribution >= 4 is 23.4 Å². The molecule has 3 rings (SSSR count). The van der Waals surface area contributed by atoms with E-state index in [0.29, 0.717) is 18.1 Å². The van der Waals surface area contributed by atoms with Crippen LogP contribution in [0.3, 0.4) is 0 Å². The van der Waals surface area contributed by atoms with Crippen molar-refractivity contribution in [2.75, 3.05) is 17.7 Å². The van der Waals surface area contributed by atoms with Crippen LogP contribution in [0.2, 0.25) is 0 Å². The first-order valence-corrected chi connectivity index (χ1v) is 10.4. The molecule has 0 radical (unpaired) electrons. The molecule has 0 saturated heterocycles. The Morgan fingerprint density at radius 2 is 1.61 bits per heavy atom. The van der Waals surface area contributed by atoms with Crippen molar-refractivity contribution in [2.24, 2.45) is 0 Å². The van der Waals surface area contributed by atoms with Gasteiger partial charge in [0.1, 0.15) is 5.75 Å². The number of anilines is 1. The molecule has 3 nitrogen and oxygen atoms in total. The van der Waals surface area contributed by atoms with Gasteiger partial charge in [0.25, 0.3) is 5.91 Å². The molecule has 0 aliphatic rings. The third-order valence-corrected chi connectivity index (χ3v) is 5.29. The van der Waals surface area contributed by atoms with Gasteiger partial charge in [0.2, 0.25) is 0 Å². The summed E-state index contributed by atoms with van der Waals surface area (Å²) >= 11 is 1.76. The Morgan fingerprint density at radius 1 is 0.929 bits per heavy atom. The lowest BCUT2D eigenvalue weighted by atomic mass is 10.0. The zero-order valence-corrected chi connectivity index (χ0v) is 17.0. The highest BCUT2D eigenvalue weighted by atomic mass is 32.2. The third kappa shape index (κ3) is 5.89. The van der Waals surface area contributed by atoms with Crippen molar-refractivity contribution in [2.45, 2.75) is 24.7 Å². The number of nitrogens with one attached hydrogen (secondary N) is 1. The number of amides is 1. The quantitative estimate of drug-likeness (QED) is 0.365. The van der Waals surface area contributed by atoms with E-state index in [1.54, 1.807) is 23.9 Å². The van der Waals surface area contributed by atoms with Crippen LogP contribution in [-0.2, 0) is 0 Å². The second kappa shape index (κ2) is 10.00. The van der Waals surface area contributed by atoms with Gasteiger partial charge in [-0.15, -0.1) is 11.8 Å². The van der Waals surface area contributed by atoms with E-state index in [9.17, 15) is 4.79 Å². The van der Waals surface area contributed by atoms with Crippen molar-refractivity contribution in [3.05, 3.63) is 90.0 Å². The maximum Gasteiger partial charge on any atom is 0.255 e. The van der Waals surface area contributed by atoms with E-state index in [2.05, 4.69) is 31.3 Å². The molecule has 1 N–H and O–H groups in total. The molecule has 0 aromatic heterocycles. The highest BCUT2D eigenvalue weighted by Gasteiger charge is 2.07. The second-order valence-electron chi connectivity index (χ2n) is 6.77. The van der Waals surface area contributed by atoms with Gasteiger partial charge >= 0.3 is 0 Å². The van der Waals surface area contributed by atoms with E-state index in [4.69, 9.17) is 4.74 Å². The van der Waals surface area contributed by atoms with E-state index in [0.717, 1.165) is 17.2 Å². The summed E-state index contributed by atoms with van der Waals surface area (Å²) in [5, 5.41) is 2.93. The van der Waals surface area contributed by atoms with Crippen LogP contribution in [0.1, 0.15) is 35.7 Å². The minimum Gasteiger partial charge on any atom is -0.493 e. The number of benzene rings is 3. The van der Waals surface area contributed by atoms with Crippen LogP contribution in [0, 0.1) is 0 Å². The fourth-order valence-electron chi connectivity index (χ4n) is 2.69. The number of hydrogen-bond acceptors (Lipinski definition) is 3. The lowest BCUT2D eigenvalue weighted by Crippen LogP contribution is -2.11. The maximum absolute atomic E-state index is 12.4. The fraction of sp³-hybridized carbons (Fsp3) is 0.208. The summed E-state index contributed by atoms with van der Waals surface area (Å²) < 4.78 is 5.76. The summed E-state index contributed by atoms with van der Waals surface area (Å²) in [6.07, 6.45) is 0. The van der Waals surface area contributed by atoms with Gasteiger partial charge in [-0.25, -0.2) is 0 Å². The predicted octanol–water partition coefficient (Wildman–Crippen LogP) is 6.23. The number of rotatable bonds is 8. The smallest absolute Gasteiger partial charge is 0.255 e. The number of hydrogen-bond donors (Lipinski definition) is 1. The van der Waals surface area contributed by atoms with Crippen molar-refractivity contribution in [3.8, 4) is 5.75 Å². The molecule has 0 aliphatic heterocycles. The molecule has 0 spiro atoms. The first-order chi connectivity index (χ1) is 13.6. The molecule has 0 unspecified atom stereocenters. The Hall–Kier alpha value is -2.72. The first kappa shape index (κ1) is 20.0. The lowest BCUT2D eigenvalue weighted by molar-refractivity contribution is 0.102. The highest BCUT2D eigenvalue weighted by Crippen LogP contribution is 2.20. The van der Waals surface area contributed by atoms with Gasteiger partial charge in [-0.1, -0.05) is 44.2 Å². The van der Waals surface area contributed by atoms with Crippen molar-refractivity contribution < 1.29 is 9.53 Å². The Bertz CT molecular complexity index is 875. The number of carbonyl (C=O) groups excluding carboxylic acids is 1. The molecule has 0 atom stereocenters. The predicted molar refractivity (Wildman–Crippen MR) is 118 cm³/mol. The molecule has 0 fully saturated rings. The van der Waals surface area contributed by atoms with Gasteiger partial charge in [-0.05, 0) is 60.0 Å². The van der Waals surface area contributed by atoms with Crippen LogP contribution < -0.4 is 10.1 Å². The van der Waals surface area contributed by atoms with Crippen LogP contribution >= 0.6 is 11.8 Å². The van der Waals surface area contributed by atoms with Gasteiger partial charge < -0.3 is 10.1 Å². The largest absolute Gasteiger partial charge is 0.493 e. The van der Waals surface area contributed by atoms with Crippen LogP contribution in [0.4, 0.5) is 5.69 Å². The summed E-state index contributed by atoms with van der Waals surface area (Å²) in [5.41, 5.74) is 2.66. The van der Waals surface area contributed by atoms with Crippen LogP contribution in [-0.4, -0.2) is 18.3 Å². The SMILES string of the molecule is CC(C)c1ccc(NC(=O)c2ccc(OCCSc3ccccc3)cc2)cc1. The highest BCUT2D eigenvalue weighted by molar-refractivity contribution is 7.99. The summed E-state index contributed by atoms with van der Waals surface area (Å²) in [7, 11) is 0. The summed E-state index contributed by atoms with van der Waals surface area (Å²) in [4.78, 5) is 13.6. The number of thioether (sulfide) groups is 1. The molecule has 3 aromatic rings. The molecule has 0 saturated carbocycles. The van der Waals surface area contributed by atoms with Crippen molar-refractivity contribution in [3.63, 3.8) is 0 Å². The van der Waals surface area contributed by atoms with Crippen molar-refractivity contribution in [1.29, 1.82) is 0 Å². The Labute approximate surface area is 171 Å². The van der Waals surface area contributed by atoms with Gasteiger partial charge in [0.05, 0.1) is 6.61 Å². The fourth-order valence-corrected chi connectivity index (χ4v) is 3.44. The Morgan fingerprint density at radius 3 is 2.25 bits per heavy atom. The Kier molecular flexibility index (Phi) is 7.15. The minimum absolute atomic E-state index is 0.122. The Balaban J connectivity index is 1.47. The topological polar surface area (TPSA) is 38.3 Å². The average molecular weight is 392 g/mol. The van der Waals surface area contributed by atoms with E-state index in [-0.39, 0.29) is 5.91 Å². The van der Waals surface area contributed by atoms with Crippen LogP contribution in [0.5, 0.6) is 5.75 Å². The van der Waals surface area contributed by atoms with E-state index in [1.165, 1.54) is 10.5 Å². The minimum atomic E-state index is -0.122. The molecular weight excluding hydrogens is 366 g/mol. The molecule has 144 valence electrons. The first-order valence-electron chi connectivity index (χ1n) is 9.44. The van der Waals surface area contributed by atoms with Gasteiger partial charge in [-0.3, -0.25) is 4.79 Å². The standard InChI is InChI=1S/C24H25NO2S/c1-18(2)19-8-12-21(13-9-19)25-24(26)20-10-14-22(15-11-20)27-16-17-28-23-6-4-3-5-7-23/h3-15,18H,16-17H2,1-2H3,(H,25,26). The lowest BCUT2D eigenvalue weighted by Gasteiger charge is -2.09. The van der Waals surface area contributed by atoms with Gasteiger partial charge in [0.15, 0.2) is 0 Å². The van der Waals surface area contributed by atoms with Gasteiger partial charge in [0, 0.05) is 21.9 Å². The van der Waals surface area contributed by atoms with E-state index >= 15 is 0 Å². The molecular formula is C24H25NO2S. The second-order valence-corrected chi connectivity index (χ2v) is 7.93. The number of ether oxygens (including phenoxy) is 1. The summed E-state index contributed by atoms with van der Waals surface area (Å²) in [6.45, 7) is 4.92. The molecule has 0 heterocycles. The summed E-state index contributed by atoms with van der Waals surface area (Å²) in [5.74, 6) is 2.00. The zero-order chi connectivity index (χ0) is 19.8. The van der Waals surface area contributed by atoms with Crippen molar-refractivity contribution in [1.82, 2.24) is 0 Å². The van der Waals surface area contributed by atoms with Gasteiger partial charge in [-0.2, -0.15) is 0 Å². The van der Waals surface area contributed by atoms with Crippen LogP contribution in [0.15, 0.2) is 83.8 Å². The monoisotopic (exact) mass is 391 g/mol. The zero-order valence-electron chi connectivity index (χ0n) is 16.2. The molecule has 1 amide bonds. The van der Waals surface area contributed by atoms with E-state index < -0.39 is 0 Å². The van der Waals surface area contributed by atoms with E-state index in [1.807, 2.05) is 54.6 Å². The maximum atomic E-state index is 12.4. The number of carbonyl (C=O) groups is 1. The molecule has 28 heavy (non-hydrogen) atoms. The normalized spacial score (nSPS) is 10.7. The average Bonchev–Trinajstić information content (AvgIpc) is 2.73. The van der Waals surface area contributed by atoms with Crippen LogP contribution in [0.25, 0.3) is 0 Å². The third-order valence-electron chi connectivity index (χ3n) is 4.32. The molecule has 0 aliphatic carbocycles. The molecule has 0 bridgehead atoms. The molecule has 3 aromatic carbocycles. The summed E-state index contributed by atoms with van der Waals surface area (Å²) in [6, 6.07) is 25.5. The molecule has 4 heteroatoms.